The van der Waals surface area contributed by atoms with Crippen LogP contribution < -0.4 is 10.6 Å². The number of carbonyl (C=O) groups is 2. The van der Waals surface area contributed by atoms with Crippen molar-refractivity contribution >= 4 is 73.8 Å². The Bertz CT molecular complexity index is 1730. The summed E-state index contributed by atoms with van der Waals surface area (Å²) in [5, 5.41) is 7.69. The van der Waals surface area contributed by atoms with E-state index in [1.54, 1.807) is 56.2 Å². The van der Waals surface area contributed by atoms with Crippen molar-refractivity contribution in [3.8, 4) is 0 Å². The number of carbonyl (C=O) groups excluding carboxylic acids is 2. The SMILES string of the molecule is CS(=O)CC[C@H](Nc1ncnc2cc(C(=O)N3CCC[C@@H]3CNC(=O)OC(C)(C)C)c(Cl)cc12)c1nc2ccc(Cl)cc2[nH]1. The van der Waals surface area contributed by atoms with Crippen LogP contribution in [-0.2, 0) is 15.5 Å². The molecule has 1 unspecified atom stereocenters. The summed E-state index contributed by atoms with van der Waals surface area (Å²) in [6, 6.07) is 8.23. The lowest BCUT2D eigenvalue weighted by Crippen LogP contribution is -2.44. The maximum atomic E-state index is 13.7. The number of nitrogens with zero attached hydrogens (tertiary/aromatic N) is 4. The Morgan fingerprint density at radius 1 is 1.18 bits per heavy atom. The van der Waals surface area contributed by atoms with Crippen molar-refractivity contribution in [2.45, 2.75) is 57.7 Å². The van der Waals surface area contributed by atoms with Gasteiger partial charge in [-0.2, -0.15) is 0 Å². The number of benzene rings is 2. The number of hydrogen-bond acceptors (Lipinski definition) is 8. The van der Waals surface area contributed by atoms with Crippen LogP contribution in [0.4, 0.5) is 10.6 Å². The number of nitrogens with one attached hydrogen (secondary N) is 3. The van der Waals surface area contributed by atoms with Gasteiger partial charge in [0.1, 0.15) is 23.6 Å². The first kappa shape index (κ1) is 31.9. The van der Waals surface area contributed by atoms with Crippen LogP contribution in [-0.4, -0.2) is 77.8 Å². The molecule has 5 rings (SSSR count). The largest absolute Gasteiger partial charge is 0.444 e. The zero-order valence-electron chi connectivity index (χ0n) is 24.9. The number of H-pyrrole nitrogens is 1. The Labute approximate surface area is 267 Å². The Hall–Kier alpha value is -3.48. The Balaban J connectivity index is 1.38. The van der Waals surface area contributed by atoms with Crippen LogP contribution in [0.3, 0.4) is 0 Å². The first-order chi connectivity index (χ1) is 20.9. The van der Waals surface area contributed by atoms with Gasteiger partial charge in [0.15, 0.2) is 0 Å². The average molecular weight is 661 g/mol. The maximum absolute atomic E-state index is 13.7. The topological polar surface area (TPSA) is 142 Å². The molecule has 3 N–H and O–H groups in total. The van der Waals surface area contributed by atoms with E-state index in [1.165, 1.54) is 6.33 Å². The predicted octanol–water partition coefficient (Wildman–Crippen LogP) is 5.86. The number of alkyl carbamates (subject to hydrolysis) is 1. The zero-order valence-corrected chi connectivity index (χ0v) is 27.3. The summed E-state index contributed by atoms with van der Waals surface area (Å²) in [6.45, 7) is 6.22. The molecule has 0 spiro atoms. The van der Waals surface area contributed by atoms with E-state index in [4.69, 9.17) is 32.9 Å². The smallest absolute Gasteiger partial charge is 0.407 e. The molecule has 11 nitrogen and oxygen atoms in total. The van der Waals surface area contributed by atoms with E-state index in [0.29, 0.717) is 51.8 Å². The number of amides is 2. The molecule has 2 aromatic heterocycles. The quantitative estimate of drug-likeness (QED) is 0.203. The highest BCUT2D eigenvalue weighted by Crippen LogP contribution is 2.32. The van der Waals surface area contributed by atoms with E-state index >= 15 is 0 Å². The summed E-state index contributed by atoms with van der Waals surface area (Å²) in [7, 11) is -1.02. The second-order valence-electron chi connectivity index (χ2n) is 11.8. The molecule has 2 aromatic carbocycles. The first-order valence-electron chi connectivity index (χ1n) is 14.3. The number of fused-ring (bicyclic) bond motifs is 2. The molecule has 44 heavy (non-hydrogen) atoms. The Morgan fingerprint density at radius 3 is 2.73 bits per heavy atom. The Kier molecular flexibility index (Phi) is 9.62. The average Bonchev–Trinajstić information content (AvgIpc) is 3.59. The fraction of sp³-hybridized carbons (Fsp3) is 0.433. The van der Waals surface area contributed by atoms with Gasteiger partial charge in [-0.05, 0) is 70.4 Å². The first-order valence-corrected chi connectivity index (χ1v) is 16.8. The molecule has 2 amide bonds. The molecule has 1 aliphatic rings. The molecule has 4 aromatic rings. The van der Waals surface area contributed by atoms with E-state index in [9.17, 15) is 13.8 Å². The summed E-state index contributed by atoms with van der Waals surface area (Å²) in [6.07, 6.45) is 4.63. The number of anilines is 1. The molecule has 3 atom stereocenters. The number of aromatic nitrogens is 4. The third-order valence-corrected chi connectivity index (χ3v) is 8.63. The summed E-state index contributed by atoms with van der Waals surface area (Å²) in [4.78, 5) is 44.6. The predicted molar refractivity (Wildman–Crippen MR) is 174 cm³/mol. The molecule has 0 saturated carbocycles. The second-order valence-corrected chi connectivity index (χ2v) is 14.2. The lowest BCUT2D eigenvalue weighted by Gasteiger charge is -2.26. The molecule has 14 heteroatoms. The zero-order chi connectivity index (χ0) is 31.6. The highest BCUT2D eigenvalue weighted by atomic mass is 35.5. The number of likely N-dealkylation sites (tertiary alicyclic amines) is 1. The van der Waals surface area contributed by atoms with Gasteiger partial charge < -0.3 is 25.3 Å². The van der Waals surface area contributed by atoms with Gasteiger partial charge >= 0.3 is 6.09 Å². The van der Waals surface area contributed by atoms with Gasteiger partial charge in [-0.15, -0.1) is 0 Å². The minimum Gasteiger partial charge on any atom is -0.444 e. The van der Waals surface area contributed by atoms with E-state index in [-0.39, 0.29) is 29.6 Å². The van der Waals surface area contributed by atoms with Crippen LogP contribution in [0.1, 0.15) is 62.3 Å². The van der Waals surface area contributed by atoms with E-state index in [2.05, 4.69) is 25.6 Å². The summed E-state index contributed by atoms with van der Waals surface area (Å²) in [5.41, 5.74) is 1.79. The van der Waals surface area contributed by atoms with Crippen LogP contribution in [0, 0.1) is 0 Å². The fourth-order valence-electron chi connectivity index (χ4n) is 5.23. The van der Waals surface area contributed by atoms with Crippen LogP contribution >= 0.6 is 23.2 Å². The monoisotopic (exact) mass is 659 g/mol. The Morgan fingerprint density at radius 2 is 1.98 bits per heavy atom. The molecule has 1 aliphatic heterocycles. The third kappa shape index (κ3) is 7.59. The van der Waals surface area contributed by atoms with Gasteiger partial charge in [-0.25, -0.2) is 19.7 Å². The minimum absolute atomic E-state index is 0.187. The molecular weight excluding hydrogens is 625 g/mol. The number of hydrogen-bond donors (Lipinski definition) is 3. The highest BCUT2D eigenvalue weighted by Gasteiger charge is 2.32. The van der Waals surface area contributed by atoms with Gasteiger partial charge in [0, 0.05) is 52.3 Å². The van der Waals surface area contributed by atoms with Crippen molar-refractivity contribution in [3.63, 3.8) is 0 Å². The fourth-order valence-corrected chi connectivity index (χ4v) is 6.22. The van der Waals surface area contributed by atoms with Gasteiger partial charge in [0.25, 0.3) is 5.91 Å². The van der Waals surface area contributed by atoms with Crippen molar-refractivity contribution < 1.29 is 18.5 Å². The number of halogens is 2. The van der Waals surface area contributed by atoms with Gasteiger partial charge in [-0.3, -0.25) is 9.00 Å². The van der Waals surface area contributed by atoms with Crippen molar-refractivity contribution in [1.29, 1.82) is 0 Å². The molecular formula is C30H35Cl2N7O4S. The van der Waals surface area contributed by atoms with E-state index < -0.39 is 22.5 Å². The molecule has 3 heterocycles. The van der Waals surface area contributed by atoms with Crippen LogP contribution in [0.25, 0.3) is 21.9 Å². The van der Waals surface area contributed by atoms with Crippen LogP contribution in [0.2, 0.25) is 10.0 Å². The lowest BCUT2D eigenvalue weighted by atomic mass is 10.1. The van der Waals surface area contributed by atoms with Gasteiger partial charge in [0.05, 0.1) is 33.2 Å². The van der Waals surface area contributed by atoms with E-state index in [1.807, 2.05) is 6.07 Å². The second kappa shape index (κ2) is 13.3. The number of ether oxygens (including phenoxy) is 1. The minimum atomic E-state index is -1.02. The van der Waals surface area contributed by atoms with Crippen LogP contribution in [0.5, 0.6) is 0 Å². The molecule has 1 fully saturated rings. The van der Waals surface area contributed by atoms with E-state index in [0.717, 1.165) is 23.9 Å². The van der Waals surface area contributed by atoms with Crippen molar-refractivity contribution in [2.75, 3.05) is 30.4 Å². The molecule has 0 bridgehead atoms. The lowest BCUT2D eigenvalue weighted by molar-refractivity contribution is 0.0501. The summed E-state index contributed by atoms with van der Waals surface area (Å²) < 4.78 is 17.3. The van der Waals surface area contributed by atoms with Gasteiger partial charge in [-0.1, -0.05) is 23.2 Å². The number of rotatable bonds is 9. The highest BCUT2D eigenvalue weighted by molar-refractivity contribution is 7.84. The van der Waals surface area contributed by atoms with Gasteiger partial charge in [0.2, 0.25) is 0 Å². The maximum Gasteiger partial charge on any atom is 0.407 e. The molecule has 1 saturated heterocycles. The van der Waals surface area contributed by atoms with Crippen LogP contribution in [0.15, 0.2) is 36.7 Å². The van der Waals surface area contributed by atoms with Crippen molar-refractivity contribution in [2.24, 2.45) is 0 Å². The third-order valence-electron chi connectivity index (χ3n) is 7.27. The summed E-state index contributed by atoms with van der Waals surface area (Å²) >= 11 is 12.9. The van der Waals surface area contributed by atoms with Crippen molar-refractivity contribution in [1.82, 2.24) is 30.2 Å². The number of aromatic amines is 1. The van der Waals surface area contributed by atoms with Crippen molar-refractivity contribution in [3.05, 3.63) is 58.1 Å². The summed E-state index contributed by atoms with van der Waals surface area (Å²) in [5.74, 6) is 1.36. The molecule has 0 aliphatic carbocycles. The standard InChI is InChI=1S/C30H35Cl2N7O4S/c1-30(2,3)43-29(41)33-15-18-6-5-10-39(18)28(40)19-14-24-20(13-21(19)32)26(35-16-34-24)37-23(9-11-44(4)42)27-36-22-8-7-17(31)12-25(22)38-27/h7-8,12-14,16,18,23H,5-6,9-11,15H2,1-4H3,(H,33,41)(H,36,38)(H,34,35,37)/t18-,23+,44?/m1/s1. The molecule has 234 valence electrons. The normalized spacial score (nSPS) is 16.7. The molecule has 0 radical (unpaired) electrons. The number of imidazole rings is 1.